The Morgan fingerprint density at radius 1 is 1.14 bits per heavy atom. The van der Waals surface area contributed by atoms with Crippen molar-refractivity contribution in [1.29, 1.82) is 0 Å². The Hall–Kier alpha value is -2.68. The van der Waals surface area contributed by atoms with Gasteiger partial charge in [0.1, 0.15) is 5.82 Å². The van der Waals surface area contributed by atoms with E-state index in [1.807, 2.05) is 4.90 Å². The second-order valence-corrected chi connectivity index (χ2v) is 7.92. The predicted molar refractivity (Wildman–Crippen MR) is 110 cm³/mol. The first-order valence-corrected chi connectivity index (χ1v) is 10.1. The smallest absolute Gasteiger partial charge is 0.258 e. The maximum atomic E-state index is 12.8. The molecule has 1 atom stereocenters. The van der Waals surface area contributed by atoms with Crippen LogP contribution in [0.3, 0.4) is 0 Å². The van der Waals surface area contributed by atoms with E-state index in [1.165, 1.54) is 0 Å². The van der Waals surface area contributed by atoms with Gasteiger partial charge in [0.2, 0.25) is 17.8 Å². The summed E-state index contributed by atoms with van der Waals surface area (Å²) in [6.07, 6.45) is 3.13. The zero-order valence-corrected chi connectivity index (χ0v) is 16.7. The highest BCUT2D eigenvalue weighted by molar-refractivity contribution is 9.10. The van der Waals surface area contributed by atoms with Gasteiger partial charge in [0.05, 0.1) is 11.5 Å². The number of aromatic amines is 1. The van der Waals surface area contributed by atoms with Crippen LogP contribution < -0.4 is 21.1 Å². The van der Waals surface area contributed by atoms with E-state index in [-0.39, 0.29) is 29.3 Å². The highest BCUT2D eigenvalue weighted by Gasteiger charge is 2.35. The van der Waals surface area contributed by atoms with E-state index in [4.69, 9.17) is 0 Å². The first-order chi connectivity index (χ1) is 13.5. The summed E-state index contributed by atoms with van der Waals surface area (Å²) in [7, 11) is 0. The third-order valence-corrected chi connectivity index (χ3v) is 5.55. The van der Waals surface area contributed by atoms with Crippen LogP contribution >= 0.6 is 15.9 Å². The van der Waals surface area contributed by atoms with Crippen LogP contribution in [0.4, 0.5) is 17.5 Å². The molecule has 0 spiro atoms. The number of carbonyl (C=O) groups excluding carboxylic acids is 2. The van der Waals surface area contributed by atoms with Gasteiger partial charge in [-0.1, -0.05) is 15.9 Å². The van der Waals surface area contributed by atoms with Gasteiger partial charge in [-0.2, -0.15) is 4.98 Å². The van der Waals surface area contributed by atoms with Gasteiger partial charge in [-0.05, 0) is 43.5 Å². The Morgan fingerprint density at radius 2 is 1.86 bits per heavy atom. The number of piperidine rings is 1. The van der Waals surface area contributed by atoms with E-state index in [2.05, 4.69) is 36.5 Å². The number of aromatic nitrogens is 2. The number of hydrogen-bond acceptors (Lipinski definition) is 5. The minimum absolute atomic E-state index is 0.0941. The molecule has 2 amide bonds. The fourth-order valence-corrected chi connectivity index (χ4v) is 3.87. The van der Waals surface area contributed by atoms with Gasteiger partial charge in [-0.25, -0.2) is 0 Å². The number of amides is 2. The summed E-state index contributed by atoms with van der Waals surface area (Å²) in [5, 5.41) is 5.43. The van der Waals surface area contributed by atoms with Crippen molar-refractivity contribution in [1.82, 2.24) is 9.97 Å². The Balaban J connectivity index is 1.64. The lowest BCUT2D eigenvalue weighted by atomic mass is 9.92. The van der Waals surface area contributed by atoms with E-state index in [0.717, 1.165) is 36.8 Å². The lowest BCUT2D eigenvalue weighted by molar-refractivity contribution is -0.123. The maximum absolute atomic E-state index is 12.8. The summed E-state index contributed by atoms with van der Waals surface area (Å²) in [6.45, 7) is 1.62. The Labute approximate surface area is 169 Å². The third-order valence-electron chi connectivity index (χ3n) is 5.02. The predicted octanol–water partition coefficient (Wildman–Crippen LogP) is 2.59. The van der Waals surface area contributed by atoms with Crippen LogP contribution in [-0.4, -0.2) is 34.9 Å². The van der Waals surface area contributed by atoms with E-state index in [1.54, 1.807) is 24.3 Å². The molecule has 0 aliphatic carbocycles. The van der Waals surface area contributed by atoms with Crippen LogP contribution in [0.5, 0.6) is 0 Å². The molecule has 3 N–H and O–H groups in total. The molecule has 1 aromatic carbocycles. The number of H-pyrrole nitrogens is 1. The molecule has 8 nitrogen and oxygen atoms in total. The van der Waals surface area contributed by atoms with Gasteiger partial charge < -0.3 is 15.5 Å². The number of nitrogens with one attached hydrogen (secondary N) is 3. The van der Waals surface area contributed by atoms with Crippen LogP contribution in [0.2, 0.25) is 0 Å². The fourth-order valence-electron chi connectivity index (χ4n) is 3.60. The summed E-state index contributed by atoms with van der Waals surface area (Å²) >= 11 is 3.34. The van der Waals surface area contributed by atoms with Gasteiger partial charge in [-0.3, -0.25) is 19.4 Å². The highest BCUT2D eigenvalue weighted by atomic mass is 79.9. The Morgan fingerprint density at radius 3 is 2.57 bits per heavy atom. The van der Waals surface area contributed by atoms with E-state index < -0.39 is 11.8 Å². The van der Waals surface area contributed by atoms with Crippen molar-refractivity contribution in [3.8, 4) is 0 Å². The second-order valence-electron chi connectivity index (χ2n) is 7.00. The monoisotopic (exact) mass is 445 g/mol. The van der Waals surface area contributed by atoms with Gasteiger partial charge >= 0.3 is 0 Å². The molecule has 0 bridgehead atoms. The molecule has 0 radical (unpaired) electrons. The summed E-state index contributed by atoms with van der Waals surface area (Å²) in [4.78, 5) is 47.0. The molecule has 2 aliphatic heterocycles. The standard InChI is InChI=1S/C19H20BrN5O3/c20-11-4-6-12(7-5-11)21-17(27)13-10-14(26)22-16-15(13)18(28)24-19(23-16)25-8-2-1-3-9-25/h4-7,13H,1-3,8-10H2,(H,21,27)(H2,22,23,24,26,28)/t13-/m1/s1. The maximum Gasteiger partial charge on any atom is 0.258 e. The number of halogens is 1. The largest absolute Gasteiger partial charge is 0.342 e. The number of hydrogen-bond donors (Lipinski definition) is 3. The molecular formula is C19H20BrN5O3. The number of rotatable bonds is 3. The van der Waals surface area contributed by atoms with Gasteiger partial charge in [0.15, 0.2) is 0 Å². The quantitative estimate of drug-likeness (QED) is 0.672. The molecule has 1 fully saturated rings. The average Bonchev–Trinajstić information content (AvgIpc) is 2.69. The molecular weight excluding hydrogens is 426 g/mol. The average molecular weight is 446 g/mol. The molecule has 2 aliphatic rings. The minimum Gasteiger partial charge on any atom is -0.342 e. The summed E-state index contributed by atoms with van der Waals surface area (Å²) < 4.78 is 0.888. The van der Waals surface area contributed by atoms with Crippen LogP contribution in [0.1, 0.15) is 37.2 Å². The molecule has 9 heteroatoms. The zero-order valence-electron chi connectivity index (χ0n) is 15.1. The van der Waals surface area contributed by atoms with E-state index >= 15 is 0 Å². The number of nitrogens with zero attached hydrogens (tertiary/aromatic N) is 2. The van der Waals surface area contributed by atoms with E-state index in [9.17, 15) is 14.4 Å². The molecule has 1 aromatic heterocycles. The van der Waals surface area contributed by atoms with Crippen molar-refractivity contribution in [2.24, 2.45) is 0 Å². The SMILES string of the molecule is O=C1C[C@@H](C(=O)Nc2ccc(Br)cc2)c2c(nc(N3CCCCC3)[nH]c2=O)N1. The van der Waals surface area contributed by atoms with Gasteiger partial charge in [0, 0.05) is 29.7 Å². The highest BCUT2D eigenvalue weighted by Crippen LogP contribution is 2.30. The van der Waals surface area contributed by atoms with Crippen LogP contribution in [0.15, 0.2) is 33.5 Å². The number of benzene rings is 1. The summed E-state index contributed by atoms with van der Waals surface area (Å²) in [6, 6.07) is 7.09. The molecule has 28 heavy (non-hydrogen) atoms. The van der Waals surface area contributed by atoms with Crippen LogP contribution in [0, 0.1) is 0 Å². The lowest BCUT2D eigenvalue weighted by Crippen LogP contribution is -2.38. The molecule has 0 saturated carbocycles. The first-order valence-electron chi connectivity index (χ1n) is 9.27. The second kappa shape index (κ2) is 7.75. The van der Waals surface area contributed by atoms with Crippen molar-refractivity contribution in [2.75, 3.05) is 28.6 Å². The lowest BCUT2D eigenvalue weighted by Gasteiger charge is -2.29. The van der Waals surface area contributed by atoms with Gasteiger partial charge in [-0.15, -0.1) is 0 Å². The van der Waals surface area contributed by atoms with Crippen molar-refractivity contribution >= 4 is 45.2 Å². The molecule has 146 valence electrons. The van der Waals surface area contributed by atoms with Crippen LogP contribution in [-0.2, 0) is 9.59 Å². The first kappa shape index (κ1) is 18.7. The molecule has 2 aromatic rings. The van der Waals surface area contributed by atoms with Crippen molar-refractivity contribution < 1.29 is 9.59 Å². The van der Waals surface area contributed by atoms with Crippen LogP contribution in [0.25, 0.3) is 0 Å². The van der Waals surface area contributed by atoms with Crippen molar-refractivity contribution in [3.05, 3.63) is 44.7 Å². The Bertz CT molecular complexity index is 967. The van der Waals surface area contributed by atoms with E-state index in [0.29, 0.717) is 11.6 Å². The Kier molecular flexibility index (Phi) is 5.17. The third kappa shape index (κ3) is 3.80. The normalized spacial score (nSPS) is 19.0. The van der Waals surface area contributed by atoms with Crippen molar-refractivity contribution in [3.63, 3.8) is 0 Å². The van der Waals surface area contributed by atoms with Crippen molar-refractivity contribution in [2.45, 2.75) is 31.6 Å². The van der Waals surface area contributed by atoms with Gasteiger partial charge in [0.25, 0.3) is 5.56 Å². The number of carbonyl (C=O) groups is 2. The number of anilines is 3. The zero-order chi connectivity index (χ0) is 19.7. The minimum atomic E-state index is -0.890. The molecule has 4 rings (SSSR count). The molecule has 1 saturated heterocycles. The number of fused-ring (bicyclic) bond motifs is 1. The summed E-state index contributed by atoms with van der Waals surface area (Å²) in [5.41, 5.74) is 0.409. The molecule has 0 unspecified atom stereocenters. The topological polar surface area (TPSA) is 107 Å². The molecule has 3 heterocycles. The fraction of sp³-hybridized carbons (Fsp3) is 0.368. The summed E-state index contributed by atoms with van der Waals surface area (Å²) in [5.74, 6) is -1.00.